The number of thiocarbonyl (C=S) groups is 2. The number of benzene rings is 4. The van der Waals surface area contributed by atoms with Gasteiger partial charge in [-0.15, -0.1) is 0 Å². The van der Waals surface area contributed by atoms with Crippen molar-refractivity contribution >= 4 is 79.0 Å². The topological polar surface area (TPSA) is 55.4 Å². The summed E-state index contributed by atoms with van der Waals surface area (Å²) in [7, 11) is 0. The van der Waals surface area contributed by atoms with E-state index in [4.69, 9.17) is 24.4 Å². The van der Waals surface area contributed by atoms with Crippen LogP contribution in [0.1, 0.15) is 0 Å². The van der Waals surface area contributed by atoms with Gasteiger partial charge in [0.05, 0.1) is 27.0 Å². The number of hydrogen-bond donors (Lipinski definition) is 0. The molecule has 1 aliphatic carbocycles. The summed E-state index contributed by atoms with van der Waals surface area (Å²) in [6.45, 7) is 0. The molecule has 36 heavy (non-hydrogen) atoms. The van der Waals surface area contributed by atoms with E-state index in [1.165, 1.54) is 0 Å². The molecule has 0 saturated heterocycles. The first kappa shape index (κ1) is 20.9. The minimum atomic E-state index is -0.400. The van der Waals surface area contributed by atoms with E-state index < -0.39 is 5.82 Å². The van der Waals surface area contributed by atoms with Gasteiger partial charge in [0, 0.05) is 32.7 Å². The summed E-state index contributed by atoms with van der Waals surface area (Å²) in [5.41, 5.74) is 4.80. The van der Waals surface area contributed by atoms with Crippen LogP contribution in [0.3, 0.4) is 0 Å². The molecule has 0 aliphatic heterocycles. The maximum absolute atomic E-state index is 16.1. The Morgan fingerprint density at radius 2 is 1.31 bits per heavy atom. The van der Waals surface area contributed by atoms with E-state index in [2.05, 4.69) is 59.1 Å². The maximum Gasteiger partial charge on any atom is 0.209 e. The van der Waals surface area contributed by atoms with E-state index in [9.17, 15) is 0 Å². The summed E-state index contributed by atoms with van der Waals surface area (Å²) < 4.78 is 18.2. The van der Waals surface area contributed by atoms with Crippen LogP contribution in [-0.4, -0.2) is 24.9 Å². The summed E-state index contributed by atoms with van der Waals surface area (Å²) >= 11 is 9.52. The molecule has 168 valence electrons. The second kappa shape index (κ2) is 7.78. The number of para-hydroxylation sites is 2. The fourth-order valence-electron chi connectivity index (χ4n) is 5.24. The number of hydrogen-bond acceptors (Lipinski definition) is 6. The van der Waals surface area contributed by atoms with E-state index in [1.54, 1.807) is 6.07 Å². The highest BCUT2D eigenvalue weighted by molar-refractivity contribution is 7.78. The highest BCUT2D eigenvalue weighted by atomic mass is 32.1. The molecule has 0 N–H and O–H groups in total. The summed E-state index contributed by atoms with van der Waals surface area (Å²) in [6.07, 6.45) is 0. The first-order chi connectivity index (χ1) is 17.7. The van der Waals surface area contributed by atoms with E-state index in [1.807, 2.05) is 42.5 Å². The number of fused-ring (bicyclic) bond motifs is 6. The molecular weight excluding hydrogens is 489 g/mol. The number of rotatable bonds is 3. The number of aromatic nitrogens is 3. The molecule has 2 heterocycles. The third kappa shape index (κ3) is 2.75. The minimum Gasteiger partial charge on any atom is -0.309 e. The Kier molecular flexibility index (Phi) is 4.51. The lowest BCUT2D eigenvalue weighted by atomic mass is 10.0. The zero-order valence-electron chi connectivity index (χ0n) is 18.4. The molecule has 6 aromatic rings. The van der Waals surface area contributed by atoms with Crippen molar-refractivity contribution < 1.29 is 4.39 Å². The molecule has 2 aromatic heterocycles. The molecule has 8 heteroatoms. The summed E-state index contributed by atoms with van der Waals surface area (Å²) in [5.74, 6) is -0.120. The zero-order valence-corrected chi connectivity index (χ0v) is 20.0. The molecule has 0 atom stereocenters. The Bertz CT molecular complexity index is 1980. The van der Waals surface area contributed by atoms with Crippen molar-refractivity contribution in [1.29, 1.82) is 0 Å². The smallest absolute Gasteiger partial charge is 0.209 e. The Hall–Kier alpha value is -4.45. The van der Waals surface area contributed by atoms with Crippen molar-refractivity contribution in [2.24, 2.45) is 9.98 Å². The van der Waals surface area contributed by atoms with Gasteiger partial charge in [0.2, 0.25) is 11.6 Å². The SMILES string of the molecule is Fc1cc(-n2c3ccccc3c3ccccc32)c2cccc3c2c1-c1nc(N=C=S)c(N=C=S)nc1-3. The average Bonchev–Trinajstić information content (AvgIpc) is 3.41. The Balaban J connectivity index is 1.62. The van der Waals surface area contributed by atoms with Crippen molar-refractivity contribution in [2.75, 3.05) is 0 Å². The summed E-state index contributed by atoms with van der Waals surface area (Å²) in [6, 6.07) is 23.7. The van der Waals surface area contributed by atoms with Gasteiger partial charge >= 0.3 is 0 Å². The van der Waals surface area contributed by atoms with Gasteiger partial charge in [-0.1, -0.05) is 54.6 Å². The molecule has 5 nitrogen and oxygen atoms in total. The normalized spacial score (nSPS) is 11.5. The molecule has 0 saturated carbocycles. The molecule has 0 bridgehead atoms. The van der Waals surface area contributed by atoms with Crippen LogP contribution in [0, 0.1) is 5.82 Å². The predicted octanol–water partition coefficient (Wildman–Crippen LogP) is 7.98. The monoisotopic (exact) mass is 501 g/mol. The van der Waals surface area contributed by atoms with Gasteiger partial charge < -0.3 is 4.57 Å². The van der Waals surface area contributed by atoms with Gasteiger partial charge in [-0.3, -0.25) is 0 Å². The molecule has 0 fully saturated rings. The van der Waals surface area contributed by atoms with Crippen molar-refractivity contribution in [1.82, 2.24) is 14.5 Å². The fraction of sp³-hybridized carbons (Fsp3) is 0. The van der Waals surface area contributed by atoms with Gasteiger partial charge in [-0.2, -0.15) is 9.98 Å². The van der Waals surface area contributed by atoms with Crippen LogP contribution in [0.5, 0.6) is 0 Å². The highest BCUT2D eigenvalue weighted by Gasteiger charge is 2.31. The van der Waals surface area contributed by atoms with Crippen LogP contribution in [0.15, 0.2) is 82.8 Å². The van der Waals surface area contributed by atoms with Crippen LogP contribution >= 0.6 is 24.4 Å². The van der Waals surface area contributed by atoms with E-state index in [-0.39, 0.29) is 11.6 Å². The molecule has 0 unspecified atom stereocenters. The fourth-order valence-corrected chi connectivity index (χ4v) is 5.41. The first-order valence-corrected chi connectivity index (χ1v) is 11.8. The van der Waals surface area contributed by atoms with Gasteiger partial charge in [0.15, 0.2) is 0 Å². The van der Waals surface area contributed by atoms with Crippen molar-refractivity contribution in [2.45, 2.75) is 0 Å². The molecule has 1 aliphatic rings. The summed E-state index contributed by atoms with van der Waals surface area (Å²) in [5, 5.41) is 8.42. The van der Waals surface area contributed by atoms with Crippen LogP contribution in [0.25, 0.3) is 60.8 Å². The molecular formula is C28H12FN5S2. The Morgan fingerprint density at radius 3 is 1.94 bits per heavy atom. The van der Waals surface area contributed by atoms with Crippen molar-refractivity contribution in [3.8, 4) is 28.2 Å². The van der Waals surface area contributed by atoms with Gasteiger partial charge in [-0.25, -0.2) is 14.4 Å². The standard InChI is InChI=1S/C28H12FN5S2/c29-19-12-22(34-20-10-3-1-6-15(20)16-7-2-4-11-21(16)34)17-8-5-9-18-23(17)24(19)26-25(18)32-27(30-13-35)28(33-26)31-14-36/h1-12H. The second-order valence-electron chi connectivity index (χ2n) is 8.32. The maximum atomic E-state index is 16.1. The van der Waals surface area contributed by atoms with E-state index in [0.29, 0.717) is 17.0 Å². The molecule has 7 rings (SSSR count). The highest BCUT2D eigenvalue weighted by Crippen LogP contribution is 2.50. The Morgan fingerprint density at radius 1 is 0.722 bits per heavy atom. The van der Waals surface area contributed by atoms with Crippen LogP contribution in [-0.2, 0) is 0 Å². The average molecular weight is 502 g/mol. The summed E-state index contributed by atoms with van der Waals surface area (Å²) in [4.78, 5) is 17.2. The van der Waals surface area contributed by atoms with Crippen LogP contribution < -0.4 is 0 Å². The van der Waals surface area contributed by atoms with Crippen molar-refractivity contribution in [3.63, 3.8) is 0 Å². The molecule has 0 amide bonds. The predicted molar refractivity (Wildman–Crippen MR) is 148 cm³/mol. The Labute approximate surface area is 214 Å². The van der Waals surface area contributed by atoms with Crippen molar-refractivity contribution in [3.05, 3.63) is 78.6 Å². The zero-order chi connectivity index (χ0) is 24.4. The number of aliphatic imine (C=N–C) groups is 2. The number of halogens is 1. The lowest BCUT2D eigenvalue weighted by molar-refractivity contribution is 0.632. The van der Waals surface area contributed by atoms with Gasteiger partial charge in [0.1, 0.15) is 17.2 Å². The number of isothiocyanates is 2. The lowest BCUT2D eigenvalue weighted by Gasteiger charge is -2.14. The van der Waals surface area contributed by atoms with E-state index >= 15 is 4.39 Å². The quantitative estimate of drug-likeness (QED) is 0.182. The minimum absolute atomic E-state index is 0.118. The van der Waals surface area contributed by atoms with Crippen LogP contribution in [0.2, 0.25) is 0 Å². The van der Waals surface area contributed by atoms with Gasteiger partial charge in [-0.05, 0) is 42.6 Å². The third-order valence-electron chi connectivity index (χ3n) is 6.57. The second-order valence-corrected chi connectivity index (χ2v) is 8.69. The van der Waals surface area contributed by atoms with Gasteiger partial charge in [0.25, 0.3) is 0 Å². The molecule has 4 aromatic carbocycles. The van der Waals surface area contributed by atoms with E-state index in [0.717, 1.165) is 43.8 Å². The van der Waals surface area contributed by atoms with Crippen LogP contribution in [0.4, 0.5) is 16.0 Å². The molecule has 0 spiro atoms. The largest absolute Gasteiger partial charge is 0.309 e. The first-order valence-electron chi connectivity index (χ1n) is 11.0. The number of nitrogens with zero attached hydrogens (tertiary/aromatic N) is 5. The molecule has 0 radical (unpaired) electrons. The third-order valence-corrected chi connectivity index (χ3v) is 6.75. The lowest BCUT2D eigenvalue weighted by Crippen LogP contribution is -1.98.